The molecule has 1 aliphatic rings. The summed E-state index contributed by atoms with van der Waals surface area (Å²) in [6.07, 6.45) is 1.25. The van der Waals surface area contributed by atoms with Crippen LogP contribution in [0, 0.1) is 5.41 Å². The third-order valence-electron chi connectivity index (χ3n) is 3.12. The van der Waals surface area contributed by atoms with Crippen molar-refractivity contribution in [3.05, 3.63) is 34.3 Å². The van der Waals surface area contributed by atoms with Crippen LogP contribution in [-0.4, -0.2) is 6.54 Å². The lowest BCUT2D eigenvalue weighted by atomic mass is 9.81. The topological polar surface area (TPSA) is 12.0 Å². The molecule has 76 valence electrons. The van der Waals surface area contributed by atoms with Crippen molar-refractivity contribution in [1.29, 1.82) is 0 Å². The minimum atomic E-state index is 0.365. The van der Waals surface area contributed by atoms with E-state index in [1.54, 1.807) is 0 Å². The van der Waals surface area contributed by atoms with Gasteiger partial charge in [-0.1, -0.05) is 48.0 Å². The molecule has 1 aromatic rings. The highest BCUT2D eigenvalue weighted by Crippen LogP contribution is 2.42. The molecule has 0 aromatic heterocycles. The van der Waals surface area contributed by atoms with Crippen molar-refractivity contribution in [3.63, 3.8) is 0 Å². The van der Waals surface area contributed by atoms with Gasteiger partial charge in [0.15, 0.2) is 0 Å². The summed E-state index contributed by atoms with van der Waals surface area (Å²) in [6.45, 7) is 5.78. The van der Waals surface area contributed by atoms with E-state index < -0.39 is 0 Å². The number of benzene rings is 1. The lowest BCUT2D eigenvalue weighted by molar-refractivity contribution is 0.319. The van der Waals surface area contributed by atoms with Crippen molar-refractivity contribution < 1.29 is 0 Å². The van der Waals surface area contributed by atoms with Crippen molar-refractivity contribution in [2.45, 2.75) is 26.3 Å². The first-order valence-electron chi connectivity index (χ1n) is 5.09. The molecule has 0 aliphatic carbocycles. The van der Waals surface area contributed by atoms with E-state index in [1.807, 2.05) is 0 Å². The first-order valence-corrected chi connectivity index (χ1v) is 5.88. The molecule has 0 radical (unpaired) electrons. The van der Waals surface area contributed by atoms with Crippen LogP contribution in [0.2, 0.25) is 0 Å². The van der Waals surface area contributed by atoms with Crippen LogP contribution >= 0.6 is 15.9 Å². The molecule has 0 amide bonds. The van der Waals surface area contributed by atoms with Gasteiger partial charge in [-0.3, -0.25) is 0 Å². The highest BCUT2D eigenvalue weighted by Gasteiger charge is 2.35. The van der Waals surface area contributed by atoms with Crippen molar-refractivity contribution in [3.8, 4) is 0 Å². The van der Waals surface area contributed by atoms with Gasteiger partial charge in [-0.15, -0.1) is 0 Å². The fourth-order valence-corrected chi connectivity index (χ4v) is 2.71. The molecule has 0 saturated carbocycles. The molecule has 1 nitrogen and oxygen atoms in total. The maximum atomic E-state index is 3.62. The monoisotopic (exact) mass is 253 g/mol. The highest BCUT2D eigenvalue weighted by molar-refractivity contribution is 9.10. The van der Waals surface area contributed by atoms with Gasteiger partial charge >= 0.3 is 0 Å². The van der Waals surface area contributed by atoms with Crippen LogP contribution in [0.4, 0.5) is 0 Å². The van der Waals surface area contributed by atoms with E-state index in [0.717, 1.165) is 6.54 Å². The fourth-order valence-electron chi connectivity index (χ4n) is 2.20. The van der Waals surface area contributed by atoms with E-state index in [0.29, 0.717) is 11.5 Å². The summed E-state index contributed by atoms with van der Waals surface area (Å²) < 4.78 is 1.22. The average Bonchev–Trinajstić information content (AvgIpc) is 2.46. The number of hydrogen-bond donors (Lipinski definition) is 1. The molecule has 1 unspecified atom stereocenters. The molecule has 14 heavy (non-hydrogen) atoms. The normalized spacial score (nSPS) is 25.2. The van der Waals surface area contributed by atoms with Crippen LogP contribution in [0.25, 0.3) is 0 Å². The van der Waals surface area contributed by atoms with Gasteiger partial charge in [-0.25, -0.2) is 0 Å². The zero-order chi connectivity index (χ0) is 10.2. The SMILES string of the molecule is CC1(C)CCNC1c1ccccc1Br. The predicted molar refractivity (Wildman–Crippen MR) is 63.3 cm³/mol. The predicted octanol–water partition coefficient (Wildman–Crippen LogP) is 3.51. The molecule has 1 atom stereocenters. The van der Waals surface area contributed by atoms with Crippen molar-refractivity contribution in [1.82, 2.24) is 5.32 Å². The van der Waals surface area contributed by atoms with E-state index in [4.69, 9.17) is 0 Å². The van der Waals surface area contributed by atoms with E-state index in [-0.39, 0.29) is 0 Å². The zero-order valence-corrected chi connectivity index (χ0v) is 10.3. The van der Waals surface area contributed by atoms with E-state index >= 15 is 0 Å². The van der Waals surface area contributed by atoms with Crippen LogP contribution in [0.15, 0.2) is 28.7 Å². The largest absolute Gasteiger partial charge is 0.309 e. The maximum absolute atomic E-state index is 3.62. The summed E-state index contributed by atoms with van der Waals surface area (Å²) in [7, 11) is 0. The molecule has 2 heteroatoms. The Morgan fingerprint density at radius 3 is 2.64 bits per heavy atom. The van der Waals surface area contributed by atoms with E-state index in [1.165, 1.54) is 16.5 Å². The summed E-state index contributed by atoms with van der Waals surface area (Å²) in [5, 5.41) is 3.57. The first kappa shape index (κ1) is 10.2. The Balaban J connectivity index is 2.36. The molecule has 1 saturated heterocycles. The minimum Gasteiger partial charge on any atom is -0.309 e. The van der Waals surface area contributed by atoms with E-state index in [2.05, 4.69) is 59.4 Å². The van der Waals surface area contributed by atoms with Gasteiger partial charge in [0.1, 0.15) is 0 Å². The number of rotatable bonds is 1. The second kappa shape index (κ2) is 3.67. The highest BCUT2D eigenvalue weighted by atomic mass is 79.9. The fraction of sp³-hybridized carbons (Fsp3) is 0.500. The third kappa shape index (κ3) is 1.73. The summed E-state index contributed by atoms with van der Waals surface area (Å²) in [6, 6.07) is 8.98. The Hall–Kier alpha value is -0.340. The quantitative estimate of drug-likeness (QED) is 0.808. The second-order valence-electron chi connectivity index (χ2n) is 4.65. The number of halogens is 1. The maximum Gasteiger partial charge on any atom is 0.0383 e. The molecule has 1 aliphatic heterocycles. The summed E-state index contributed by atoms with van der Waals surface area (Å²) in [5.41, 5.74) is 1.75. The standard InChI is InChI=1S/C12H16BrN/c1-12(2)7-8-14-11(12)9-5-3-4-6-10(9)13/h3-6,11,14H,7-8H2,1-2H3. The van der Waals surface area contributed by atoms with Gasteiger partial charge in [-0.05, 0) is 30.0 Å². The van der Waals surface area contributed by atoms with Gasteiger partial charge in [0.25, 0.3) is 0 Å². The van der Waals surface area contributed by atoms with Crippen molar-refractivity contribution in [2.24, 2.45) is 5.41 Å². The van der Waals surface area contributed by atoms with Crippen LogP contribution in [0.1, 0.15) is 31.9 Å². The van der Waals surface area contributed by atoms with Crippen LogP contribution in [0.5, 0.6) is 0 Å². The smallest absolute Gasteiger partial charge is 0.0383 e. The lowest BCUT2D eigenvalue weighted by Gasteiger charge is -2.27. The summed E-state index contributed by atoms with van der Waals surface area (Å²) in [4.78, 5) is 0. The summed E-state index contributed by atoms with van der Waals surface area (Å²) >= 11 is 3.62. The molecule has 1 N–H and O–H groups in total. The Labute approximate surface area is 94.0 Å². The minimum absolute atomic E-state index is 0.365. The Kier molecular flexibility index (Phi) is 2.67. The Morgan fingerprint density at radius 1 is 1.36 bits per heavy atom. The molecular weight excluding hydrogens is 238 g/mol. The second-order valence-corrected chi connectivity index (χ2v) is 5.50. The van der Waals surface area contributed by atoms with Gasteiger partial charge in [-0.2, -0.15) is 0 Å². The van der Waals surface area contributed by atoms with Crippen molar-refractivity contribution in [2.75, 3.05) is 6.54 Å². The molecule has 1 aromatic carbocycles. The van der Waals surface area contributed by atoms with Gasteiger partial charge in [0, 0.05) is 10.5 Å². The molecule has 1 heterocycles. The Morgan fingerprint density at radius 2 is 2.07 bits per heavy atom. The zero-order valence-electron chi connectivity index (χ0n) is 8.68. The van der Waals surface area contributed by atoms with Gasteiger partial charge in [0.05, 0.1) is 0 Å². The molecule has 0 spiro atoms. The molecule has 0 bridgehead atoms. The average molecular weight is 254 g/mol. The number of hydrogen-bond acceptors (Lipinski definition) is 1. The molecule has 2 rings (SSSR count). The molecule has 1 fully saturated rings. The first-order chi connectivity index (χ1) is 6.61. The summed E-state index contributed by atoms with van der Waals surface area (Å²) in [5.74, 6) is 0. The van der Waals surface area contributed by atoms with E-state index in [9.17, 15) is 0 Å². The third-order valence-corrected chi connectivity index (χ3v) is 3.84. The lowest BCUT2D eigenvalue weighted by Crippen LogP contribution is -2.23. The van der Waals surface area contributed by atoms with Crippen LogP contribution in [-0.2, 0) is 0 Å². The van der Waals surface area contributed by atoms with Gasteiger partial charge in [0.2, 0.25) is 0 Å². The molecular formula is C12H16BrN. The van der Waals surface area contributed by atoms with Crippen molar-refractivity contribution >= 4 is 15.9 Å². The van der Waals surface area contributed by atoms with Crippen LogP contribution < -0.4 is 5.32 Å². The van der Waals surface area contributed by atoms with Crippen LogP contribution in [0.3, 0.4) is 0 Å². The van der Waals surface area contributed by atoms with Gasteiger partial charge < -0.3 is 5.32 Å². The Bertz CT molecular complexity index is 333. The number of nitrogens with one attached hydrogen (secondary N) is 1.